The first-order valence-corrected chi connectivity index (χ1v) is 11.3. The van der Waals surface area contributed by atoms with Crippen LogP contribution in [0.15, 0.2) is 61.1 Å². The molecule has 0 amide bonds. The molecule has 0 saturated carbocycles. The maximum atomic E-state index is 11.7. The Morgan fingerprint density at radius 2 is 1.94 bits per heavy atom. The average Bonchev–Trinajstić information content (AvgIpc) is 3.43. The minimum Gasteiger partial charge on any atom is -0.494 e. The topological polar surface area (TPSA) is 88.3 Å². The predicted molar refractivity (Wildman–Crippen MR) is 133 cm³/mol. The van der Waals surface area contributed by atoms with Crippen LogP contribution in [0.1, 0.15) is 23.2 Å². The summed E-state index contributed by atoms with van der Waals surface area (Å²) in [4.78, 5) is 15.6. The van der Waals surface area contributed by atoms with Gasteiger partial charge >= 0.3 is 0 Å². The summed E-state index contributed by atoms with van der Waals surface area (Å²) in [7, 11) is 5.50. The molecule has 9 heteroatoms. The number of imidazole rings is 1. The lowest BCUT2D eigenvalue weighted by Crippen LogP contribution is -2.26. The monoisotopic (exact) mass is 476 g/mol. The third kappa shape index (κ3) is 3.85. The van der Waals surface area contributed by atoms with Crippen LogP contribution in [0.2, 0.25) is 5.15 Å². The molecule has 1 unspecified atom stereocenters. The van der Waals surface area contributed by atoms with E-state index >= 15 is 0 Å². The van der Waals surface area contributed by atoms with Crippen LogP contribution in [-0.2, 0) is 12.0 Å². The third-order valence-electron chi connectivity index (χ3n) is 6.05. The number of aromatic nitrogens is 4. The Labute approximate surface area is 202 Å². The second-order valence-electron chi connectivity index (χ2n) is 8.43. The number of methoxy groups -OCH3 is 1. The van der Waals surface area contributed by atoms with Crippen molar-refractivity contribution in [2.45, 2.75) is 18.4 Å². The van der Waals surface area contributed by atoms with Gasteiger partial charge in [-0.1, -0.05) is 41.9 Å². The lowest BCUT2D eigenvalue weighted by molar-refractivity contribution is 0.0788. The molecule has 4 aromatic rings. The number of nitrogens with zero attached hydrogens (tertiary/aromatic N) is 5. The van der Waals surface area contributed by atoms with Gasteiger partial charge in [-0.25, -0.2) is 9.97 Å². The summed E-state index contributed by atoms with van der Waals surface area (Å²) in [6.07, 6.45) is 4.60. The Morgan fingerprint density at radius 3 is 2.62 bits per heavy atom. The van der Waals surface area contributed by atoms with Gasteiger partial charge in [0.1, 0.15) is 28.6 Å². The van der Waals surface area contributed by atoms with E-state index in [4.69, 9.17) is 26.3 Å². The zero-order valence-corrected chi connectivity index (χ0v) is 19.9. The molecule has 1 aliphatic rings. The number of fused-ring (bicyclic) bond motifs is 1. The van der Waals surface area contributed by atoms with Crippen molar-refractivity contribution in [3.05, 3.63) is 83.0 Å². The van der Waals surface area contributed by atoms with Crippen molar-refractivity contribution in [1.82, 2.24) is 19.5 Å². The summed E-state index contributed by atoms with van der Waals surface area (Å²) >= 11 is 5.97. The van der Waals surface area contributed by atoms with Gasteiger partial charge in [0.2, 0.25) is 5.95 Å². The van der Waals surface area contributed by atoms with E-state index in [1.54, 1.807) is 24.2 Å². The van der Waals surface area contributed by atoms with E-state index in [0.717, 1.165) is 28.3 Å². The standard InChI is InChI=1S/C25H25ClN6O2/c1-31(2)23-18-11-12-25(33,16-7-5-4-6-8-16)22(18)29-24(30-23)28-17-9-10-19(20(13-17)34-3)32-14-21(26)27-15-32/h4-10,13-15,33H,11-12H2,1-3H3,(H,28,29,30). The molecule has 0 radical (unpaired) electrons. The van der Waals surface area contributed by atoms with E-state index in [2.05, 4.69) is 10.3 Å². The minimum atomic E-state index is -1.16. The van der Waals surface area contributed by atoms with E-state index < -0.39 is 5.60 Å². The average molecular weight is 477 g/mol. The number of anilines is 3. The van der Waals surface area contributed by atoms with Crippen LogP contribution in [0.25, 0.3) is 5.69 Å². The van der Waals surface area contributed by atoms with Gasteiger partial charge in [0, 0.05) is 37.6 Å². The van der Waals surface area contributed by atoms with Crippen molar-refractivity contribution in [2.75, 3.05) is 31.4 Å². The molecular formula is C25H25ClN6O2. The molecule has 8 nitrogen and oxygen atoms in total. The molecule has 0 spiro atoms. The molecule has 0 aliphatic heterocycles. The highest BCUT2D eigenvalue weighted by atomic mass is 35.5. The van der Waals surface area contributed by atoms with Crippen molar-refractivity contribution >= 4 is 29.1 Å². The second-order valence-corrected chi connectivity index (χ2v) is 8.82. The van der Waals surface area contributed by atoms with E-state index in [0.29, 0.717) is 35.4 Å². The van der Waals surface area contributed by atoms with Crippen molar-refractivity contribution in [2.24, 2.45) is 0 Å². The quantitative estimate of drug-likeness (QED) is 0.428. The summed E-state index contributed by atoms with van der Waals surface area (Å²) in [6, 6.07) is 15.3. The van der Waals surface area contributed by atoms with Crippen molar-refractivity contribution < 1.29 is 9.84 Å². The Hall–Kier alpha value is -3.62. The van der Waals surface area contributed by atoms with E-state index in [1.807, 2.05) is 67.5 Å². The van der Waals surface area contributed by atoms with Crippen molar-refractivity contribution in [3.8, 4) is 11.4 Å². The van der Waals surface area contributed by atoms with Crippen LogP contribution in [0.3, 0.4) is 0 Å². The van der Waals surface area contributed by atoms with Gasteiger partial charge in [0.25, 0.3) is 0 Å². The fourth-order valence-corrected chi connectivity index (χ4v) is 4.57. The Balaban J connectivity index is 1.54. The number of benzene rings is 2. The molecule has 174 valence electrons. The highest BCUT2D eigenvalue weighted by Gasteiger charge is 2.42. The number of halogens is 1. The highest BCUT2D eigenvalue weighted by Crippen LogP contribution is 2.44. The van der Waals surface area contributed by atoms with Crippen LogP contribution in [0, 0.1) is 0 Å². The molecule has 34 heavy (non-hydrogen) atoms. The number of aliphatic hydroxyl groups is 1. The summed E-state index contributed by atoms with van der Waals surface area (Å²) in [5.41, 5.74) is 2.81. The van der Waals surface area contributed by atoms with Crippen LogP contribution in [0.4, 0.5) is 17.5 Å². The molecule has 2 aromatic carbocycles. The minimum absolute atomic E-state index is 0.401. The smallest absolute Gasteiger partial charge is 0.229 e. The summed E-state index contributed by atoms with van der Waals surface area (Å²) in [5.74, 6) is 1.82. The number of rotatable bonds is 6. The van der Waals surface area contributed by atoms with Gasteiger partial charge in [0.05, 0.1) is 18.5 Å². The van der Waals surface area contributed by atoms with Gasteiger partial charge in [0.15, 0.2) is 0 Å². The van der Waals surface area contributed by atoms with E-state index in [1.165, 1.54) is 0 Å². The van der Waals surface area contributed by atoms with Crippen LogP contribution in [-0.4, -0.2) is 45.8 Å². The van der Waals surface area contributed by atoms with E-state index in [9.17, 15) is 5.11 Å². The normalized spacial score (nSPS) is 16.9. The predicted octanol–water partition coefficient (Wildman–Crippen LogP) is 4.32. The maximum absolute atomic E-state index is 11.7. The SMILES string of the molecule is COc1cc(Nc2nc(N(C)C)c3c(n2)C(O)(c2ccccc2)CC3)ccc1-n1cnc(Cl)c1. The summed E-state index contributed by atoms with van der Waals surface area (Å²) in [5, 5.41) is 15.4. The molecule has 0 fully saturated rings. The first-order valence-electron chi connectivity index (χ1n) is 10.9. The second kappa shape index (κ2) is 8.62. The number of hydrogen-bond acceptors (Lipinski definition) is 7. The molecule has 2 N–H and O–H groups in total. The molecule has 2 heterocycles. The lowest BCUT2D eigenvalue weighted by Gasteiger charge is -2.25. The molecule has 0 bridgehead atoms. The third-order valence-corrected chi connectivity index (χ3v) is 6.25. The lowest BCUT2D eigenvalue weighted by atomic mass is 9.91. The largest absolute Gasteiger partial charge is 0.494 e. The van der Waals surface area contributed by atoms with Crippen molar-refractivity contribution in [1.29, 1.82) is 0 Å². The Morgan fingerprint density at radius 1 is 1.15 bits per heavy atom. The van der Waals surface area contributed by atoms with Crippen LogP contribution in [0.5, 0.6) is 5.75 Å². The summed E-state index contributed by atoms with van der Waals surface area (Å²) < 4.78 is 7.39. The first kappa shape index (κ1) is 22.2. The highest BCUT2D eigenvalue weighted by molar-refractivity contribution is 6.29. The molecule has 2 aromatic heterocycles. The van der Waals surface area contributed by atoms with E-state index in [-0.39, 0.29) is 0 Å². The van der Waals surface area contributed by atoms with Gasteiger partial charge in [-0.15, -0.1) is 0 Å². The Bertz CT molecular complexity index is 1340. The molecular weight excluding hydrogens is 452 g/mol. The van der Waals surface area contributed by atoms with Gasteiger partial charge in [-0.3, -0.25) is 0 Å². The van der Waals surface area contributed by atoms with Gasteiger partial charge in [-0.05, 0) is 30.5 Å². The maximum Gasteiger partial charge on any atom is 0.229 e. The zero-order chi connectivity index (χ0) is 23.9. The van der Waals surface area contributed by atoms with Crippen LogP contribution >= 0.6 is 11.6 Å². The van der Waals surface area contributed by atoms with Crippen molar-refractivity contribution in [3.63, 3.8) is 0 Å². The fourth-order valence-electron chi connectivity index (χ4n) is 4.42. The molecule has 5 rings (SSSR count). The molecule has 1 atom stereocenters. The molecule has 0 saturated heterocycles. The van der Waals surface area contributed by atoms with Gasteiger partial charge in [-0.2, -0.15) is 4.98 Å². The number of hydrogen-bond donors (Lipinski definition) is 2. The number of nitrogens with one attached hydrogen (secondary N) is 1. The fraction of sp³-hybridized carbons (Fsp3) is 0.240. The Kier molecular flexibility index (Phi) is 5.63. The van der Waals surface area contributed by atoms with Crippen LogP contribution < -0.4 is 15.0 Å². The van der Waals surface area contributed by atoms with Gasteiger partial charge < -0.3 is 24.6 Å². The zero-order valence-electron chi connectivity index (χ0n) is 19.2. The number of ether oxygens (including phenoxy) is 1. The summed E-state index contributed by atoms with van der Waals surface area (Å²) in [6.45, 7) is 0. The first-order chi connectivity index (χ1) is 16.4. The molecule has 1 aliphatic carbocycles.